The van der Waals surface area contributed by atoms with Crippen LogP contribution in [0, 0.1) is 0 Å². The van der Waals surface area contributed by atoms with E-state index in [2.05, 4.69) is 15.4 Å². The van der Waals surface area contributed by atoms with Gasteiger partial charge in [-0.3, -0.25) is 0 Å². The topological polar surface area (TPSA) is 43.6 Å². The summed E-state index contributed by atoms with van der Waals surface area (Å²) in [5.74, 6) is 0.879. The fourth-order valence-corrected chi connectivity index (χ4v) is 2.39. The fraction of sp³-hybridized carbons (Fsp3) is 0.0714. The van der Waals surface area contributed by atoms with Crippen LogP contribution in [0.5, 0.6) is 0 Å². The van der Waals surface area contributed by atoms with Crippen molar-refractivity contribution in [3.63, 3.8) is 0 Å². The molecule has 20 heavy (non-hydrogen) atoms. The maximum atomic E-state index is 6.21. The van der Waals surface area contributed by atoms with Gasteiger partial charge in [0.1, 0.15) is 5.69 Å². The average Bonchev–Trinajstić information content (AvgIpc) is 2.97. The molecule has 0 aliphatic rings. The molecule has 100 valence electrons. The summed E-state index contributed by atoms with van der Waals surface area (Å²) in [5, 5.41) is 13.0. The quantitative estimate of drug-likeness (QED) is 0.693. The minimum atomic E-state index is 0.331. The van der Waals surface area contributed by atoms with E-state index in [-0.39, 0.29) is 0 Å². The van der Waals surface area contributed by atoms with Crippen LogP contribution in [0.4, 0.5) is 0 Å². The lowest BCUT2D eigenvalue weighted by Crippen LogP contribution is -2.03. The van der Waals surface area contributed by atoms with Crippen LogP contribution >= 0.6 is 23.2 Å². The minimum absolute atomic E-state index is 0.331. The van der Waals surface area contributed by atoms with E-state index in [1.807, 2.05) is 42.5 Å². The van der Waals surface area contributed by atoms with E-state index < -0.39 is 0 Å². The number of nitrogens with zero attached hydrogens (tertiary/aromatic N) is 4. The summed E-state index contributed by atoms with van der Waals surface area (Å²) in [7, 11) is 0. The molecule has 1 aromatic heterocycles. The molecule has 6 heteroatoms. The second-order valence-corrected chi connectivity index (χ2v) is 4.82. The van der Waals surface area contributed by atoms with E-state index in [0.29, 0.717) is 22.4 Å². The molecule has 0 radical (unpaired) electrons. The third kappa shape index (κ3) is 2.40. The van der Waals surface area contributed by atoms with Gasteiger partial charge in [-0.25, -0.2) is 0 Å². The van der Waals surface area contributed by atoms with E-state index >= 15 is 0 Å². The first-order chi connectivity index (χ1) is 9.79. The first-order valence-corrected chi connectivity index (χ1v) is 6.90. The third-order valence-electron chi connectivity index (χ3n) is 2.86. The number of aromatic nitrogens is 4. The van der Waals surface area contributed by atoms with Crippen LogP contribution in [0.3, 0.4) is 0 Å². The third-order valence-corrected chi connectivity index (χ3v) is 3.45. The molecule has 0 N–H and O–H groups in total. The molecule has 0 aliphatic heterocycles. The van der Waals surface area contributed by atoms with Crippen LogP contribution in [0.2, 0.25) is 5.02 Å². The van der Waals surface area contributed by atoms with Crippen LogP contribution in [0.1, 0.15) is 5.56 Å². The largest absolute Gasteiger partial charge is 0.205 e. The summed E-state index contributed by atoms with van der Waals surface area (Å²) in [4.78, 5) is 1.42. The van der Waals surface area contributed by atoms with Crippen molar-refractivity contribution in [2.24, 2.45) is 0 Å². The number of hydrogen-bond donors (Lipinski definition) is 0. The highest BCUT2D eigenvalue weighted by Gasteiger charge is 2.13. The van der Waals surface area contributed by atoms with Crippen molar-refractivity contribution in [1.29, 1.82) is 0 Å². The van der Waals surface area contributed by atoms with E-state index in [9.17, 15) is 0 Å². The Morgan fingerprint density at radius 2 is 1.80 bits per heavy atom. The summed E-state index contributed by atoms with van der Waals surface area (Å²) >= 11 is 12.1. The molecule has 0 bridgehead atoms. The van der Waals surface area contributed by atoms with Gasteiger partial charge in [-0.1, -0.05) is 54.1 Å². The molecule has 0 fully saturated rings. The highest BCUT2D eigenvalue weighted by Crippen LogP contribution is 2.25. The average molecular weight is 305 g/mol. The Morgan fingerprint density at radius 1 is 1.00 bits per heavy atom. The molecule has 1 heterocycles. The van der Waals surface area contributed by atoms with E-state index in [4.69, 9.17) is 23.2 Å². The zero-order chi connectivity index (χ0) is 13.9. The number of rotatable bonds is 3. The van der Waals surface area contributed by atoms with Gasteiger partial charge < -0.3 is 0 Å². The van der Waals surface area contributed by atoms with Gasteiger partial charge in [0.05, 0.1) is 5.02 Å². The highest BCUT2D eigenvalue weighted by molar-refractivity contribution is 6.32. The predicted molar refractivity (Wildman–Crippen MR) is 79.2 cm³/mol. The Morgan fingerprint density at radius 3 is 2.55 bits per heavy atom. The summed E-state index contributed by atoms with van der Waals surface area (Å²) in [6.07, 6.45) is 0. The van der Waals surface area contributed by atoms with Crippen molar-refractivity contribution < 1.29 is 0 Å². The molecular weight excluding hydrogens is 295 g/mol. The number of alkyl halides is 1. The van der Waals surface area contributed by atoms with Gasteiger partial charge in [0, 0.05) is 11.4 Å². The second kappa shape index (κ2) is 5.61. The Bertz CT molecular complexity index is 725. The molecule has 0 spiro atoms. The number of halogens is 2. The van der Waals surface area contributed by atoms with Gasteiger partial charge in [0.25, 0.3) is 0 Å². The number of tetrazole rings is 1. The summed E-state index contributed by atoms with van der Waals surface area (Å²) < 4.78 is 0. The molecule has 0 saturated carbocycles. The first kappa shape index (κ1) is 13.1. The van der Waals surface area contributed by atoms with Crippen LogP contribution in [-0.4, -0.2) is 20.2 Å². The SMILES string of the molecule is ClCc1cccc(Cl)c1-n1nnc(-c2ccccc2)n1. The van der Waals surface area contributed by atoms with Gasteiger partial charge >= 0.3 is 0 Å². The Hall–Kier alpha value is -1.91. The number of benzene rings is 2. The van der Waals surface area contributed by atoms with Crippen LogP contribution in [-0.2, 0) is 5.88 Å². The lowest BCUT2D eigenvalue weighted by Gasteiger charge is -2.06. The Labute approximate surface area is 126 Å². The van der Waals surface area contributed by atoms with Crippen molar-refractivity contribution in [3.8, 4) is 17.1 Å². The standard InChI is InChI=1S/C14H10Cl2N4/c15-9-11-7-4-8-12(16)13(11)20-18-14(17-19-20)10-5-2-1-3-6-10/h1-8H,9H2. The van der Waals surface area contributed by atoms with Crippen molar-refractivity contribution in [1.82, 2.24) is 20.2 Å². The zero-order valence-corrected chi connectivity index (χ0v) is 11.9. The van der Waals surface area contributed by atoms with Gasteiger partial charge in [0.15, 0.2) is 0 Å². The van der Waals surface area contributed by atoms with Crippen molar-refractivity contribution in [2.75, 3.05) is 0 Å². The molecule has 0 amide bonds. The molecular formula is C14H10Cl2N4. The van der Waals surface area contributed by atoms with Crippen molar-refractivity contribution >= 4 is 23.2 Å². The van der Waals surface area contributed by atoms with Crippen LogP contribution < -0.4 is 0 Å². The molecule has 4 nitrogen and oxygen atoms in total. The lowest BCUT2D eigenvalue weighted by molar-refractivity contribution is 0.715. The van der Waals surface area contributed by atoms with Crippen molar-refractivity contribution in [2.45, 2.75) is 5.88 Å². The van der Waals surface area contributed by atoms with Crippen LogP contribution in [0.25, 0.3) is 17.1 Å². The lowest BCUT2D eigenvalue weighted by atomic mass is 10.2. The van der Waals surface area contributed by atoms with Gasteiger partial charge in [-0.2, -0.15) is 0 Å². The number of hydrogen-bond acceptors (Lipinski definition) is 3. The molecule has 2 aromatic carbocycles. The predicted octanol–water partition coefficient (Wildman–Crippen LogP) is 3.72. The molecule has 3 rings (SSSR count). The second-order valence-electron chi connectivity index (χ2n) is 4.15. The summed E-state index contributed by atoms with van der Waals surface area (Å²) in [5.41, 5.74) is 2.42. The van der Waals surface area contributed by atoms with Gasteiger partial charge in [-0.15, -0.1) is 26.6 Å². The maximum absolute atomic E-state index is 6.21. The van der Waals surface area contributed by atoms with E-state index in [1.165, 1.54) is 4.80 Å². The molecule has 0 atom stereocenters. The van der Waals surface area contributed by atoms with E-state index in [0.717, 1.165) is 11.1 Å². The molecule has 3 aromatic rings. The Balaban J connectivity index is 2.07. The van der Waals surface area contributed by atoms with Crippen molar-refractivity contribution in [3.05, 3.63) is 59.1 Å². The molecule has 0 unspecified atom stereocenters. The molecule has 0 saturated heterocycles. The fourth-order valence-electron chi connectivity index (χ4n) is 1.90. The summed E-state index contributed by atoms with van der Waals surface area (Å²) in [6.45, 7) is 0. The highest BCUT2D eigenvalue weighted by atomic mass is 35.5. The van der Waals surface area contributed by atoms with E-state index in [1.54, 1.807) is 6.07 Å². The zero-order valence-electron chi connectivity index (χ0n) is 10.4. The first-order valence-electron chi connectivity index (χ1n) is 5.99. The maximum Gasteiger partial charge on any atom is 0.205 e. The van der Waals surface area contributed by atoms with Gasteiger partial charge in [-0.05, 0) is 16.8 Å². The van der Waals surface area contributed by atoms with Gasteiger partial charge in [0.2, 0.25) is 5.82 Å². The minimum Gasteiger partial charge on any atom is -0.129 e. The monoisotopic (exact) mass is 304 g/mol. The normalized spacial score (nSPS) is 10.7. The smallest absolute Gasteiger partial charge is 0.129 e. The van der Waals surface area contributed by atoms with Crippen LogP contribution in [0.15, 0.2) is 48.5 Å². The molecule has 0 aliphatic carbocycles. The Kier molecular flexibility index (Phi) is 3.67. The summed E-state index contributed by atoms with van der Waals surface area (Å²) in [6, 6.07) is 15.2. The number of para-hydroxylation sites is 1.